The van der Waals surface area contributed by atoms with Gasteiger partial charge < -0.3 is 9.32 Å². The van der Waals surface area contributed by atoms with Crippen LogP contribution in [0.4, 0.5) is 17.1 Å². The number of fused-ring (bicyclic) bond motifs is 9. The zero-order chi connectivity index (χ0) is 41.7. The minimum atomic E-state index is 0.0453. The van der Waals surface area contributed by atoms with Crippen molar-refractivity contribution in [1.82, 2.24) is 0 Å². The van der Waals surface area contributed by atoms with Gasteiger partial charge >= 0.3 is 0 Å². The van der Waals surface area contributed by atoms with Gasteiger partial charge in [-0.3, -0.25) is 0 Å². The summed E-state index contributed by atoms with van der Waals surface area (Å²) in [4.78, 5) is 2.33. The van der Waals surface area contributed by atoms with E-state index in [1.54, 1.807) is 0 Å². The molecule has 11 aromatic carbocycles. The third-order valence-electron chi connectivity index (χ3n) is 12.8. The van der Waals surface area contributed by atoms with Crippen LogP contribution in [-0.2, 0) is 0 Å². The Hall–Kier alpha value is -8.20. The second-order valence-corrected chi connectivity index (χ2v) is 16.4. The van der Waals surface area contributed by atoms with E-state index in [9.17, 15) is 0 Å². The molecule has 63 heavy (non-hydrogen) atoms. The minimum absolute atomic E-state index is 0.0453. The van der Waals surface area contributed by atoms with Gasteiger partial charge in [-0.1, -0.05) is 194 Å². The van der Waals surface area contributed by atoms with Gasteiger partial charge in [0.2, 0.25) is 0 Å². The molecule has 12 rings (SSSR count). The fraction of sp³-hybridized carbons (Fsp3) is 0.0164. The summed E-state index contributed by atoms with van der Waals surface area (Å²) in [5.74, 6) is 0.0453. The standard InChI is InChI=1S/C61H41NO/c1-4-15-41(16-5-1)43-27-32-48(33-28-43)62(49-34-29-44(30-35-49)42-17-6-2-7-18-42)50-36-38-56-58(40-50)63-61-55-37-31-47(39-57(55)52-24-12-13-25-54(52)60(56)61)59(46-20-8-3-9-21-46)53-26-14-22-45-19-10-11-23-51(45)53/h1-40,59H. The highest BCUT2D eigenvalue weighted by atomic mass is 16.3. The average molecular weight is 804 g/mol. The molecular formula is C61H41NO. The summed E-state index contributed by atoms with van der Waals surface area (Å²) in [6.45, 7) is 0. The van der Waals surface area contributed by atoms with Crippen LogP contribution >= 0.6 is 0 Å². The average Bonchev–Trinajstić information content (AvgIpc) is 3.75. The molecule has 0 bridgehead atoms. The summed E-state index contributed by atoms with van der Waals surface area (Å²) in [5.41, 5.74) is 13.5. The highest BCUT2D eigenvalue weighted by Crippen LogP contribution is 2.46. The first kappa shape index (κ1) is 36.6. The SMILES string of the molecule is c1ccc(-c2ccc(N(c3ccc(-c4ccccc4)cc3)c3ccc4c(c3)oc3c5ccc(C(c6ccccc6)c6cccc7ccccc67)cc5c5ccccc5c43)cc2)cc1. The second kappa shape index (κ2) is 15.4. The molecule has 1 heterocycles. The zero-order valence-electron chi connectivity index (χ0n) is 34.5. The molecular weight excluding hydrogens is 763 g/mol. The lowest BCUT2D eigenvalue weighted by molar-refractivity contribution is 0.673. The van der Waals surface area contributed by atoms with Gasteiger partial charge in [-0.15, -0.1) is 0 Å². The molecule has 296 valence electrons. The molecule has 12 aromatic rings. The molecule has 0 fully saturated rings. The first-order valence-corrected chi connectivity index (χ1v) is 21.7. The van der Waals surface area contributed by atoms with E-state index in [0.29, 0.717) is 0 Å². The lowest BCUT2D eigenvalue weighted by atomic mass is 9.81. The number of hydrogen-bond donors (Lipinski definition) is 0. The zero-order valence-corrected chi connectivity index (χ0v) is 34.5. The maximum absolute atomic E-state index is 7.09. The Morgan fingerprint density at radius 2 is 0.841 bits per heavy atom. The molecule has 2 nitrogen and oxygen atoms in total. The van der Waals surface area contributed by atoms with Gasteiger partial charge in [0.05, 0.1) is 0 Å². The van der Waals surface area contributed by atoms with E-state index < -0.39 is 0 Å². The number of furan rings is 1. The van der Waals surface area contributed by atoms with E-state index >= 15 is 0 Å². The van der Waals surface area contributed by atoms with Gasteiger partial charge in [-0.05, 0) is 108 Å². The van der Waals surface area contributed by atoms with Crippen molar-refractivity contribution in [1.29, 1.82) is 0 Å². The van der Waals surface area contributed by atoms with Crippen LogP contribution in [-0.4, -0.2) is 0 Å². The van der Waals surface area contributed by atoms with Crippen molar-refractivity contribution in [2.75, 3.05) is 4.90 Å². The Balaban J connectivity index is 1.02. The van der Waals surface area contributed by atoms with Gasteiger partial charge in [0.1, 0.15) is 11.2 Å². The third-order valence-corrected chi connectivity index (χ3v) is 12.8. The molecule has 1 unspecified atom stereocenters. The number of rotatable bonds is 8. The first-order chi connectivity index (χ1) is 31.2. The van der Waals surface area contributed by atoms with Crippen molar-refractivity contribution in [2.24, 2.45) is 0 Å². The molecule has 0 N–H and O–H groups in total. The summed E-state index contributed by atoms with van der Waals surface area (Å²) in [6.07, 6.45) is 0. The van der Waals surface area contributed by atoms with Crippen LogP contribution < -0.4 is 4.90 Å². The summed E-state index contributed by atoms with van der Waals surface area (Å²) in [6, 6.07) is 87.7. The maximum atomic E-state index is 7.09. The van der Waals surface area contributed by atoms with Crippen molar-refractivity contribution in [3.8, 4) is 22.3 Å². The molecule has 0 saturated heterocycles. The van der Waals surface area contributed by atoms with Crippen LogP contribution in [0, 0.1) is 0 Å². The Labute approximate surface area is 366 Å². The van der Waals surface area contributed by atoms with E-state index in [4.69, 9.17) is 4.42 Å². The molecule has 1 atom stereocenters. The summed E-state index contributed by atoms with van der Waals surface area (Å²) in [7, 11) is 0. The van der Waals surface area contributed by atoms with Crippen LogP contribution in [0.15, 0.2) is 247 Å². The molecule has 0 radical (unpaired) electrons. The van der Waals surface area contributed by atoms with Crippen molar-refractivity contribution in [3.63, 3.8) is 0 Å². The largest absolute Gasteiger partial charge is 0.455 e. The first-order valence-electron chi connectivity index (χ1n) is 21.7. The number of hydrogen-bond acceptors (Lipinski definition) is 2. The van der Waals surface area contributed by atoms with Crippen molar-refractivity contribution in [2.45, 2.75) is 5.92 Å². The summed E-state index contributed by atoms with van der Waals surface area (Å²) < 4.78 is 7.09. The summed E-state index contributed by atoms with van der Waals surface area (Å²) >= 11 is 0. The van der Waals surface area contributed by atoms with Crippen LogP contribution in [0.5, 0.6) is 0 Å². The predicted molar refractivity (Wildman–Crippen MR) is 266 cm³/mol. The monoisotopic (exact) mass is 803 g/mol. The minimum Gasteiger partial charge on any atom is -0.455 e. The van der Waals surface area contributed by atoms with Gasteiger partial charge in [0.15, 0.2) is 0 Å². The maximum Gasteiger partial charge on any atom is 0.143 e. The highest BCUT2D eigenvalue weighted by Gasteiger charge is 2.23. The second-order valence-electron chi connectivity index (χ2n) is 16.4. The molecule has 1 aromatic heterocycles. The Bertz CT molecular complexity index is 3510. The Kier molecular flexibility index (Phi) is 8.93. The molecule has 0 aliphatic heterocycles. The van der Waals surface area contributed by atoms with E-state index in [2.05, 4.69) is 248 Å². The van der Waals surface area contributed by atoms with E-state index in [1.807, 2.05) is 0 Å². The van der Waals surface area contributed by atoms with Crippen LogP contribution in [0.2, 0.25) is 0 Å². The van der Waals surface area contributed by atoms with Gasteiger partial charge in [-0.25, -0.2) is 0 Å². The normalized spacial score (nSPS) is 12.1. The van der Waals surface area contributed by atoms with Gasteiger partial charge in [0.25, 0.3) is 0 Å². The molecule has 0 aliphatic carbocycles. The molecule has 2 heteroatoms. The third kappa shape index (κ3) is 6.43. The van der Waals surface area contributed by atoms with Crippen molar-refractivity contribution >= 4 is 71.3 Å². The smallest absolute Gasteiger partial charge is 0.143 e. The summed E-state index contributed by atoms with van der Waals surface area (Å²) in [5, 5.41) is 9.48. The highest BCUT2D eigenvalue weighted by molar-refractivity contribution is 6.30. The lowest BCUT2D eigenvalue weighted by Crippen LogP contribution is -2.09. The molecule has 0 aliphatic rings. The fourth-order valence-electron chi connectivity index (χ4n) is 9.79. The molecule has 0 saturated carbocycles. The number of benzene rings is 11. The molecule has 0 amide bonds. The van der Waals surface area contributed by atoms with Crippen LogP contribution in [0.3, 0.4) is 0 Å². The van der Waals surface area contributed by atoms with E-state index in [0.717, 1.165) is 44.4 Å². The fourth-order valence-corrected chi connectivity index (χ4v) is 9.79. The topological polar surface area (TPSA) is 16.4 Å². The lowest BCUT2D eigenvalue weighted by Gasteiger charge is -2.26. The molecule has 0 spiro atoms. The number of anilines is 3. The predicted octanol–water partition coefficient (Wildman–Crippen LogP) is 17.0. The Morgan fingerprint density at radius 3 is 1.51 bits per heavy atom. The Morgan fingerprint density at radius 1 is 0.317 bits per heavy atom. The van der Waals surface area contributed by atoms with Crippen LogP contribution in [0.25, 0.3) is 76.5 Å². The quantitative estimate of drug-likeness (QED) is 0.112. The van der Waals surface area contributed by atoms with E-state index in [1.165, 1.54) is 65.9 Å². The van der Waals surface area contributed by atoms with Crippen molar-refractivity contribution < 1.29 is 4.42 Å². The number of nitrogens with zero attached hydrogens (tertiary/aromatic N) is 1. The van der Waals surface area contributed by atoms with E-state index in [-0.39, 0.29) is 5.92 Å². The van der Waals surface area contributed by atoms with Gasteiger partial charge in [0, 0.05) is 45.2 Å². The van der Waals surface area contributed by atoms with Crippen molar-refractivity contribution in [3.05, 3.63) is 259 Å². The van der Waals surface area contributed by atoms with Crippen LogP contribution in [0.1, 0.15) is 22.6 Å². The van der Waals surface area contributed by atoms with Gasteiger partial charge in [-0.2, -0.15) is 0 Å².